The lowest BCUT2D eigenvalue weighted by molar-refractivity contribution is -0.385. The van der Waals surface area contributed by atoms with Gasteiger partial charge >= 0.3 is 0 Å². The first-order valence-corrected chi connectivity index (χ1v) is 8.76. The number of benzene rings is 2. The van der Waals surface area contributed by atoms with Gasteiger partial charge in [-0.2, -0.15) is 0 Å². The average Bonchev–Trinajstić information content (AvgIpc) is 2.81. The number of amides is 1. The van der Waals surface area contributed by atoms with E-state index in [4.69, 9.17) is 12.2 Å². The molecule has 0 saturated carbocycles. The average molecular weight is 421 g/mol. The number of rotatable bonds is 3. The molecule has 1 amide bonds. The van der Waals surface area contributed by atoms with E-state index in [1.165, 1.54) is 17.0 Å². The number of carbonyl (C=O) groups excluding carboxylic acids is 1. The standard InChI is InChI=1S/C16H9BrN2O3S2/c17-11-5-3-6-12(9-11)18-15(20)14(24-16(18)23)8-10-4-1-2-7-13(10)19(21)22/h1-9H. The Labute approximate surface area is 155 Å². The normalized spacial score (nSPS) is 16.0. The summed E-state index contributed by atoms with van der Waals surface area (Å²) in [6.45, 7) is 0. The SMILES string of the molecule is O=C1C(=Cc2ccccc2[N+](=O)[O-])SC(=S)N1c1cccc(Br)c1. The first-order chi connectivity index (χ1) is 11.5. The van der Waals surface area contributed by atoms with Crippen molar-refractivity contribution in [3.63, 3.8) is 0 Å². The summed E-state index contributed by atoms with van der Waals surface area (Å²) in [5.41, 5.74) is 0.973. The molecule has 5 nitrogen and oxygen atoms in total. The minimum atomic E-state index is -0.471. The molecule has 0 radical (unpaired) electrons. The van der Waals surface area contributed by atoms with E-state index in [0.717, 1.165) is 16.2 Å². The molecule has 8 heteroatoms. The maximum Gasteiger partial charge on any atom is 0.276 e. The van der Waals surface area contributed by atoms with Crippen molar-refractivity contribution < 1.29 is 9.72 Å². The van der Waals surface area contributed by atoms with Gasteiger partial charge in [-0.05, 0) is 30.3 Å². The lowest BCUT2D eigenvalue weighted by Crippen LogP contribution is -2.27. The van der Waals surface area contributed by atoms with Crippen molar-refractivity contribution in [2.24, 2.45) is 0 Å². The van der Waals surface area contributed by atoms with Gasteiger partial charge in [0.15, 0.2) is 4.32 Å². The van der Waals surface area contributed by atoms with Crippen LogP contribution in [0.25, 0.3) is 6.08 Å². The van der Waals surface area contributed by atoms with E-state index < -0.39 is 4.92 Å². The highest BCUT2D eigenvalue weighted by molar-refractivity contribution is 9.10. The van der Waals surface area contributed by atoms with Crippen LogP contribution < -0.4 is 4.90 Å². The largest absolute Gasteiger partial charge is 0.276 e. The molecule has 1 saturated heterocycles. The summed E-state index contributed by atoms with van der Waals surface area (Å²) in [6, 6.07) is 13.5. The number of nitro benzene ring substituents is 1. The Morgan fingerprint density at radius 1 is 1.21 bits per heavy atom. The van der Waals surface area contributed by atoms with Gasteiger partial charge < -0.3 is 0 Å². The van der Waals surface area contributed by atoms with Crippen LogP contribution >= 0.6 is 39.9 Å². The summed E-state index contributed by atoms with van der Waals surface area (Å²) >= 11 is 9.79. The third kappa shape index (κ3) is 3.26. The van der Waals surface area contributed by atoms with Crippen LogP contribution in [0.15, 0.2) is 57.9 Å². The van der Waals surface area contributed by atoms with Crippen LogP contribution in [0, 0.1) is 10.1 Å². The van der Waals surface area contributed by atoms with Crippen LogP contribution in [0.3, 0.4) is 0 Å². The molecule has 1 heterocycles. The minimum absolute atomic E-state index is 0.0507. The topological polar surface area (TPSA) is 63.4 Å². The minimum Gasteiger partial charge on any atom is -0.268 e. The van der Waals surface area contributed by atoms with E-state index in [1.54, 1.807) is 30.3 Å². The summed E-state index contributed by atoms with van der Waals surface area (Å²) in [7, 11) is 0. The van der Waals surface area contributed by atoms with Gasteiger partial charge in [-0.1, -0.05) is 58.1 Å². The maximum atomic E-state index is 12.7. The number of nitro groups is 1. The number of thioether (sulfide) groups is 1. The molecule has 0 aromatic heterocycles. The van der Waals surface area contributed by atoms with Crippen molar-refractivity contribution in [3.05, 3.63) is 73.6 Å². The van der Waals surface area contributed by atoms with Crippen molar-refractivity contribution in [2.75, 3.05) is 4.90 Å². The number of halogens is 1. The number of hydrogen-bond donors (Lipinski definition) is 0. The van der Waals surface area contributed by atoms with Crippen molar-refractivity contribution >= 4 is 67.6 Å². The fraction of sp³-hybridized carbons (Fsp3) is 0. The molecule has 0 atom stereocenters. The van der Waals surface area contributed by atoms with Crippen LogP contribution in [0.1, 0.15) is 5.56 Å². The second-order valence-corrected chi connectivity index (χ2v) is 7.40. The molecule has 3 rings (SSSR count). The van der Waals surface area contributed by atoms with Crippen LogP contribution in [0.5, 0.6) is 0 Å². The third-order valence-corrected chi connectivity index (χ3v) is 5.08. The highest BCUT2D eigenvalue weighted by atomic mass is 79.9. The quantitative estimate of drug-likeness (QED) is 0.309. The highest BCUT2D eigenvalue weighted by Gasteiger charge is 2.33. The summed E-state index contributed by atoms with van der Waals surface area (Å²) in [6.07, 6.45) is 1.51. The van der Waals surface area contributed by atoms with Gasteiger partial charge in [0.05, 0.1) is 21.1 Å². The molecule has 2 aromatic rings. The van der Waals surface area contributed by atoms with E-state index in [2.05, 4.69) is 15.9 Å². The Kier molecular flexibility index (Phi) is 4.79. The molecule has 0 aliphatic carbocycles. The highest BCUT2D eigenvalue weighted by Crippen LogP contribution is 2.37. The predicted molar refractivity (Wildman–Crippen MR) is 103 cm³/mol. The number of nitrogens with zero attached hydrogens (tertiary/aromatic N) is 2. The monoisotopic (exact) mass is 420 g/mol. The Balaban J connectivity index is 1.99. The lowest BCUT2D eigenvalue weighted by atomic mass is 10.1. The van der Waals surface area contributed by atoms with Crippen LogP contribution in [-0.4, -0.2) is 15.2 Å². The first-order valence-electron chi connectivity index (χ1n) is 6.74. The molecule has 0 unspecified atom stereocenters. The zero-order chi connectivity index (χ0) is 17.3. The molecule has 0 spiro atoms. The van der Waals surface area contributed by atoms with Crippen LogP contribution in [0.2, 0.25) is 0 Å². The predicted octanol–water partition coefficient (Wildman–Crippen LogP) is 4.76. The van der Waals surface area contributed by atoms with E-state index in [0.29, 0.717) is 20.5 Å². The fourth-order valence-electron chi connectivity index (χ4n) is 2.22. The molecular weight excluding hydrogens is 412 g/mol. The van der Waals surface area contributed by atoms with Crippen LogP contribution in [0.4, 0.5) is 11.4 Å². The summed E-state index contributed by atoms with van der Waals surface area (Å²) in [5, 5.41) is 11.1. The fourth-order valence-corrected chi connectivity index (χ4v) is 3.90. The van der Waals surface area contributed by atoms with E-state index >= 15 is 0 Å². The molecule has 1 aliphatic rings. The van der Waals surface area contributed by atoms with Gasteiger partial charge in [0.25, 0.3) is 11.6 Å². The van der Waals surface area contributed by atoms with Gasteiger partial charge in [-0.25, -0.2) is 0 Å². The zero-order valence-electron chi connectivity index (χ0n) is 12.0. The van der Waals surface area contributed by atoms with Crippen molar-refractivity contribution in [2.45, 2.75) is 0 Å². The number of anilines is 1. The van der Waals surface area contributed by atoms with Gasteiger partial charge in [0.2, 0.25) is 0 Å². The summed E-state index contributed by atoms with van der Waals surface area (Å²) in [4.78, 5) is 25.1. The van der Waals surface area contributed by atoms with Gasteiger partial charge in [-0.15, -0.1) is 0 Å². The number of para-hydroxylation sites is 1. The number of carbonyl (C=O) groups is 1. The van der Waals surface area contributed by atoms with Crippen molar-refractivity contribution in [1.82, 2.24) is 0 Å². The Morgan fingerprint density at radius 2 is 1.96 bits per heavy atom. The van der Waals surface area contributed by atoms with Crippen molar-refractivity contribution in [3.8, 4) is 0 Å². The Hall–Kier alpha value is -2.03. The van der Waals surface area contributed by atoms with Gasteiger partial charge in [0.1, 0.15) is 0 Å². The maximum absolute atomic E-state index is 12.7. The molecule has 1 fully saturated rings. The summed E-state index contributed by atoms with van der Waals surface area (Å²) in [5.74, 6) is -0.291. The van der Waals surface area contributed by atoms with Gasteiger partial charge in [0, 0.05) is 10.5 Å². The molecule has 120 valence electrons. The Bertz CT molecular complexity index is 898. The van der Waals surface area contributed by atoms with Crippen LogP contribution in [-0.2, 0) is 4.79 Å². The third-order valence-electron chi connectivity index (χ3n) is 3.28. The smallest absolute Gasteiger partial charge is 0.268 e. The molecule has 0 N–H and O–H groups in total. The van der Waals surface area contributed by atoms with E-state index in [9.17, 15) is 14.9 Å². The summed E-state index contributed by atoms with van der Waals surface area (Å²) < 4.78 is 1.22. The van der Waals surface area contributed by atoms with Crippen molar-refractivity contribution in [1.29, 1.82) is 0 Å². The number of hydrogen-bond acceptors (Lipinski definition) is 5. The Morgan fingerprint density at radius 3 is 2.67 bits per heavy atom. The van der Waals surface area contributed by atoms with E-state index in [-0.39, 0.29) is 11.6 Å². The van der Waals surface area contributed by atoms with E-state index in [1.807, 2.05) is 12.1 Å². The molecule has 2 aromatic carbocycles. The zero-order valence-corrected chi connectivity index (χ0v) is 15.2. The first kappa shape index (κ1) is 16.8. The number of thiocarbonyl (C=S) groups is 1. The second-order valence-electron chi connectivity index (χ2n) is 4.81. The molecule has 0 bridgehead atoms. The lowest BCUT2D eigenvalue weighted by Gasteiger charge is -2.14. The van der Waals surface area contributed by atoms with Gasteiger partial charge in [-0.3, -0.25) is 19.8 Å². The molecule has 24 heavy (non-hydrogen) atoms. The second kappa shape index (κ2) is 6.84. The molecular formula is C16H9BrN2O3S2. The molecule has 1 aliphatic heterocycles.